The Balaban J connectivity index is 2.10. The number of anilines is 1. The Morgan fingerprint density at radius 2 is 1.80 bits per heavy atom. The topological polar surface area (TPSA) is 123 Å². The van der Waals surface area contributed by atoms with Crippen LogP contribution in [0, 0.1) is 10.1 Å². The highest BCUT2D eigenvalue weighted by molar-refractivity contribution is 6.02. The normalized spacial score (nSPS) is 10.0. The van der Waals surface area contributed by atoms with Gasteiger partial charge in [-0.3, -0.25) is 14.9 Å². The van der Waals surface area contributed by atoms with Gasteiger partial charge in [0, 0.05) is 5.69 Å². The molecule has 0 saturated carbocycles. The summed E-state index contributed by atoms with van der Waals surface area (Å²) in [6, 6.07) is 7.70. The third-order valence-corrected chi connectivity index (χ3v) is 2.39. The Hall–Kier alpha value is -3.16. The Labute approximate surface area is 111 Å². The Kier molecular flexibility index (Phi) is 3.47. The molecule has 0 bridgehead atoms. The zero-order valence-electron chi connectivity index (χ0n) is 9.90. The van der Waals surface area contributed by atoms with Crippen LogP contribution in [0.25, 0.3) is 0 Å². The van der Waals surface area contributed by atoms with Crippen molar-refractivity contribution in [2.75, 3.05) is 5.32 Å². The van der Waals surface area contributed by atoms with Gasteiger partial charge in [0.15, 0.2) is 5.76 Å². The molecule has 0 atom stereocenters. The average molecular weight is 276 g/mol. The van der Waals surface area contributed by atoms with Gasteiger partial charge in [-0.15, -0.1) is 0 Å². The van der Waals surface area contributed by atoms with Gasteiger partial charge in [-0.1, -0.05) is 0 Å². The summed E-state index contributed by atoms with van der Waals surface area (Å²) in [6.45, 7) is 0. The van der Waals surface area contributed by atoms with Gasteiger partial charge in [-0.2, -0.15) is 0 Å². The zero-order valence-corrected chi connectivity index (χ0v) is 9.90. The maximum Gasteiger partial charge on any atom is 0.433 e. The van der Waals surface area contributed by atoms with E-state index in [9.17, 15) is 19.7 Å². The number of nitrogens with one attached hydrogen (secondary N) is 1. The van der Waals surface area contributed by atoms with Crippen molar-refractivity contribution in [3.8, 4) is 0 Å². The van der Waals surface area contributed by atoms with E-state index in [0.29, 0.717) is 5.69 Å². The second kappa shape index (κ2) is 5.22. The first kappa shape index (κ1) is 13.3. The number of amides is 1. The van der Waals surface area contributed by atoms with Crippen LogP contribution in [0.1, 0.15) is 20.9 Å². The summed E-state index contributed by atoms with van der Waals surface area (Å²) in [4.78, 5) is 32.1. The minimum absolute atomic E-state index is 0.0802. The summed E-state index contributed by atoms with van der Waals surface area (Å²) in [5, 5.41) is 21.6. The third kappa shape index (κ3) is 2.80. The van der Waals surface area contributed by atoms with E-state index in [1.165, 1.54) is 30.3 Å². The van der Waals surface area contributed by atoms with Crippen LogP contribution < -0.4 is 5.32 Å². The van der Waals surface area contributed by atoms with Crippen molar-refractivity contribution in [3.63, 3.8) is 0 Å². The van der Waals surface area contributed by atoms with Crippen LogP contribution in [0.2, 0.25) is 0 Å². The van der Waals surface area contributed by atoms with Crippen molar-refractivity contribution in [1.29, 1.82) is 0 Å². The van der Waals surface area contributed by atoms with Crippen molar-refractivity contribution in [2.45, 2.75) is 0 Å². The molecule has 1 amide bonds. The molecule has 102 valence electrons. The van der Waals surface area contributed by atoms with Crippen molar-refractivity contribution >= 4 is 23.4 Å². The van der Waals surface area contributed by atoms with E-state index in [1.807, 2.05) is 0 Å². The number of furan rings is 1. The molecule has 1 aromatic carbocycles. The van der Waals surface area contributed by atoms with E-state index >= 15 is 0 Å². The SMILES string of the molecule is O=C(O)c1ccc(NC(=O)c2ccc([N+](=O)[O-])o2)cc1. The molecule has 0 aliphatic heterocycles. The van der Waals surface area contributed by atoms with Gasteiger partial charge in [0.1, 0.15) is 4.92 Å². The molecule has 8 heteroatoms. The largest absolute Gasteiger partial charge is 0.478 e. The smallest absolute Gasteiger partial charge is 0.433 e. The van der Waals surface area contributed by atoms with E-state index in [1.54, 1.807) is 0 Å². The van der Waals surface area contributed by atoms with Gasteiger partial charge in [0.25, 0.3) is 5.91 Å². The summed E-state index contributed by atoms with van der Waals surface area (Å²) in [5.74, 6) is -2.49. The van der Waals surface area contributed by atoms with Crippen LogP contribution >= 0.6 is 0 Å². The molecule has 0 radical (unpaired) electrons. The van der Waals surface area contributed by atoms with Crippen LogP contribution in [-0.4, -0.2) is 21.9 Å². The predicted molar refractivity (Wildman–Crippen MR) is 66.7 cm³/mol. The van der Waals surface area contributed by atoms with Gasteiger partial charge in [-0.05, 0) is 30.3 Å². The van der Waals surface area contributed by atoms with Crippen LogP contribution in [-0.2, 0) is 0 Å². The number of benzene rings is 1. The molecular formula is C12H8N2O6. The fourth-order valence-electron chi connectivity index (χ4n) is 1.44. The van der Waals surface area contributed by atoms with Gasteiger partial charge < -0.3 is 14.8 Å². The van der Waals surface area contributed by atoms with Crippen molar-refractivity contribution in [2.24, 2.45) is 0 Å². The van der Waals surface area contributed by atoms with Gasteiger partial charge in [-0.25, -0.2) is 4.79 Å². The second-order valence-corrected chi connectivity index (χ2v) is 3.73. The molecule has 2 aromatic rings. The maximum atomic E-state index is 11.7. The molecule has 0 saturated heterocycles. The Morgan fingerprint density at radius 3 is 2.30 bits per heavy atom. The lowest BCUT2D eigenvalue weighted by Gasteiger charge is -2.03. The molecule has 2 N–H and O–H groups in total. The molecule has 20 heavy (non-hydrogen) atoms. The van der Waals surface area contributed by atoms with Gasteiger partial charge >= 0.3 is 11.9 Å². The summed E-state index contributed by atoms with van der Waals surface area (Å²) in [7, 11) is 0. The lowest BCUT2D eigenvalue weighted by atomic mass is 10.2. The molecule has 1 aromatic heterocycles. The lowest BCUT2D eigenvalue weighted by Crippen LogP contribution is -2.11. The van der Waals surface area contributed by atoms with Crippen LogP contribution in [0.4, 0.5) is 11.6 Å². The fraction of sp³-hybridized carbons (Fsp3) is 0. The zero-order chi connectivity index (χ0) is 14.7. The molecule has 0 unspecified atom stereocenters. The number of hydrogen-bond donors (Lipinski definition) is 2. The second-order valence-electron chi connectivity index (χ2n) is 3.73. The number of carbonyl (C=O) groups is 2. The summed E-state index contributed by atoms with van der Waals surface area (Å²) in [6.07, 6.45) is 0. The highest BCUT2D eigenvalue weighted by Gasteiger charge is 2.17. The van der Waals surface area contributed by atoms with Gasteiger partial charge in [0.2, 0.25) is 0 Å². The lowest BCUT2D eigenvalue weighted by molar-refractivity contribution is -0.402. The number of nitrogens with zero attached hydrogens (tertiary/aromatic N) is 1. The highest BCUT2D eigenvalue weighted by atomic mass is 16.6. The standard InChI is InChI=1S/C12H8N2O6/c15-11(9-5-6-10(20-9)14(18)19)13-8-3-1-7(2-4-8)12(16)17/h1-6H,(H,13,15)(H,16,17). The van der Waals surface area contributed by atoms with Crippen LogP contribution in [0.3, 0.4) is 0 Å². The summed E-state index contributed by atoms with van der Waals surface area (Å²) < 4.78 is 4.74. The fourth-order valence-corrected chi connectivity index (χ4v) is 1.44. The monoisotopic (exact) mass is 276 g/mol. The minimum Gasteiger partial charge on any atom is -0.478 e. The number of nitro groups is 1. The van der Waals surface area contributed by atoms with E-state index in [2.05, 4.69) is 5.32 Å². The molecule has 8 nitrogen and oxygen atoms in total. The first-order chi connectivity index (χ1) is 9.47. The highest BCUT2D eigenvalue weighted by Crippen LogP contribution is 2.17. The van der Waals surface area contributed by atoms with Crippen molar-refractivity contribution in [1.82, 2.24) is 0 Å². The molecule has 0 aliphatic carbocycles. The first-order valence-electron chi connectivity index (χ1n) is 5.36. The minimum atomic E-state index is -1.08. The Bertz CT molecular complexity index is 674. The summed E-state index contributed by atoms with van der Waals surface area (Å²) in [5.41, 5.74) is 0.427. The van der Waals surface area contributed by atoms with E-state index in [0.717, 1.165) is 6.07 Å². The van der Waals surface area contributed by atoms with E-state index in [-0.39, 0.29) is 11.3 Å². The van der Waals surface area contributed by atoms with Crippen LogP contribution in [0.15, 0.2) is 40.8 Å². The van der Waals surface area contributed by atoms with Gasteiger partial charge in [0.05, 0.1) is 11.6 Å². The molecule has 2 rings (SSSR count). The quantitative estimate of drug-likeness (QED) is 0.651. The third-order valence-electron chi connectivity index (χ3n) is 2.39. The number of carboxylic acids is 1. The van der Waals surface area contributed by atoms with E-state index < -0.39 is 22.7 Å². The average Bonchev–Trinajstić information content (AvgIpc) is 2.89. The van der Waals surface area contributed by atoms with Crippen molar-refractivity contribution < 1.29 is 24.0 Å². The van der Waals surface area contributed by atoms with E-state index in [4.69, 9.17) is 9.52 Å². The predicted octanol–water partition coefficient (Wildman–Crippen LogP) is 2.14. The number of hydrogen-bond acceptors (Lipinski definition) is 5. The number of carboxylic acid groups (broad SMARTS) is 1. The number of rotatable bonds is 4. The van der Waals surface area contributed by atoms with Crippen LogP contribution in [0.5, 0.6) is 0 Å². The number of carbonyl (C=O) groups excluding carboxylic acids is 1. The summed E-state index contributed by atoms with van der Waals surface area (Å²) >= 11 is 0. The van der Waals surface area contributed by atoms with Crippen molar-refractivity contribution in [3.05, 3.63) is 57.8 Å². The molecular weight excluding hydrogens is 268 g/mol. The Morgan fingerprint density at radius 1 is 1.15 bits per heavy atom. The number of aromatic carboxylic acids is 1. The molecule has 0 fully saturated rings. The molecule has 0 aliphatic rings. The first-order valence-corrected chi connectivity index (χ1v) is 5.36. The maximum absolute atomic E-state index is 11.7. The molecule has 1 heterocycles. The molecule has 0 spiro atoms.